The molecule has 21 heavy (non-hydrogen) atoms. The average molecular weight is 316 g/mol. The van der Waals surface area contributed by atoms with Gasteiger partial charge in [-0.2, -0.15) is 0 Å². The van der Waals surface area contributed by atoms with E-state index in [-0.39, 0.29) is 0 Å². The molecule has 4 N–H and O–H groups in total. The fraction of sp³-hybridized carbons (Fsp3) is 0.333. The highest BCUT2D eigenvalue weighted by atomic mass is 28.4. The van der Waals surface area contributed by atoms with Crippen LogP contribution in [0, 0.1) is 0 Å². The quantitative estimate of drug-likeness (QED) is 0.319. The van der Waals surface area contributed by atoms with Gasteiger partial charge in [-0.25, -0.2) is 18.1 Å². The zero-order chi connectivity index (χ0) is 16.5. The van der Waals surface area contributed by atoms with E-state index in [4.69, 9.17) is 18.1 Å². The maximum absolute atomic E-state index is 5.35. The van der Waals surface area contributed by atoms with Crippen LogP contribution in [0.15, 0.2) is 49.1 Å². The van der Waals surface area contributed by atoms with E-state index in [1.807, 2.05) is 0 Å². The molecule has 0 spiro atoms. The molecule has 9 heteroatoms. The summed E-state index contributed by atoms with van der Waals surface area (Å²) in [7, 11) is -3.73. The first-order valence-corrected chi connectivity index (χ1v) is 7.68. The van der Waals surface area contributed by atoms with E-state index in [0.717, 1.165) is 0 Å². The molecular weight excluding hydrogens is 292 g/mol. The summed E-state index contributed by atoms with van der Waals surface area (Å²) in [6.07, 6.45) is 0. The maximum Gasteiger partial charge on any atom is 0.769 e. The summed E-state index contributed by atoms with van der Waals surface area (Å²) in [6.45, 7) is 21.4. The third-order valence-corrected chi connectivity index (χ3v) is 2.81. The minimum atomic E-state index is -3.73. The van der Waals surface area contributed by atoms with Crippen molar-refractivity contribution in [1.29, 1.82) is 0 Å². The smallest absolute Gasteiger partial charge is 0.277 e. The van der Waals surface area contributed by atoms with Gasteiger partial charge >= 0.3 is 9.05 Å². The van der Waals surface area contributed by atoms with Gasteiger partial charge in [0.25, 0.3) is 0 Å². The molecule has 0 aromatic rings. The fourth-order valence-corrected chi connectivity index (χ4v) is 2.17. The van der Waals surface area contributed by atoms with Gasteiger partial charge in [0.2, 0.25) is 0 Å². The Hall–Kier alpha value is -1.78. The molecular formula is C12H24N4O4Si. The first kappa shape index (κ1) is 19.2. The van der Waals surface area contributed by atoms with Gasteiger partial charge in [-0.05, 0) is 27.7 Å². The molecule has 0 saturated heterocycles. The highest BCUT2D eigenvalue weighted by Gasteiger charge is 2.51. The zero-order valence-electron chi connectivity index (χ0n) is 13.0. The van der Waals surface area contributed by atoms with Crippen molar-refractivity contribution < 1.29 is 18.1 Å². The molecule has 0 aliphatic carbocycles. The Morgan fingerprint density at radius 2 is 0.762 bits per heavy atom. The molecule has 120 valence electrons. The van der Waals surface area contributed by atoms with Gasteiger partial charge in [0.05, 0.1) is 0 Å². The Labute approximate surface area is 126 Å². The molecule has 0 aliphatic heterocycles. The predicted molar refractivity (Wildman–Crippen MR) is 81.9 cm³/mol. The van der Waals surface area contributed by atoms with Crippen molar-refractivity contribution in [1.82, 2.24) is 21.9 Å². The summed E-state index contributed by atoms with van der Waals surface area (Å²) < 4.78 is 21.4. The lowest BCUT2D eigenvalue weighted by atomic mass is 10.6. The summed E-state index contributed by atoms with van der Waals surface area (Å²) in [5, 5.41) is 0. The van der Waals surface area contributed by atoms with Gasteiger partial charge in [0.15, 0.2) is 0 Å². The van der Waals surface area contributed by atoms with Crippen LogP contribution in [-0.2, 0) is 18.1 Å². The van der Waals surface area contributed by atoms with Crippen molar-refractivity contribution in [3.8, 4) is 0 Å². The summed E-state index contributed by atoms with van der Waals surface area (Å²) in [4.78, 5) is 0. The molecule has 0 rings (SSSR count). The second-order valence-electron chi connectivity index (χ2n) is 4.44. The first-order valence-electron chi connectivity index (χ1n) is 6.05. The maximum atomic E-state index is 5.35. The van der Waals surface area contributed by atoms with Crippen LogP contribution in [0.25, 0.3) is 0 Å². The molecule has 0 aromatic carbocycles. The lowest BCUT2D eigenvalue weighted by Gasteiger charge is -2.27. The summed E-state index contributed by atoms with van der Waals surface area (Å²) in [5.74, 6) is 0. The molecule has 0 bridgehead atoms. The van der Waals surface area contributed by atoms with Gasteiger partial charge in [-0.3, -0.25) is 21.9 Å². The Morgan fingerprint density at radius 3 is 0.905 bits per heavy atom. The minimum absolute atomic E-state index is 0.531. The van der Waals surface area contributed by atoms with Gasteiger partial charge in [-0.1, -0.05) is 26.3 Å². The van der Waals surface area contributed by atoms with E-state index < -0.39 is 9.05 Å². The number of hydrogen-bond acceptors (Lipinski definition) is 8. The fourth-order valence-electron chi connectivity index (χ4n) is 0.723. The van der Waals surface area contributed by atoms with Crippen molar-refractivity contribution in [2.45, 2.75) is 27.7 Å². The number of allylic oxidation sites excluding steroid dienone is 4. The monoisotopic (exact) mass is 316 g/mol. The van der Waals surface area contributed by atoms with Gasteiger partial charge < -0.3 is 0 Å². The molecule has 8 nitrogen and oxygen atoms in total. The van der Waals surface area contributed by atoms with Crippen molar-refractivity contribution >= 4 is 9.05 Å². The van der Waals surface area contributed by atoms with Gasteiger partial charge in [0.1, 0.15) is 0 Å². The molecule has 0 radical (unpaired) electrons. The molecule has 0 saturated carbocycles. The third kappa shape index (κ3) is 9.71. The number of hydroxylamine groups is 4. The highest BCUT2D eigenvalue weighted by Crippen LogP contribution is 2.09. The second-order valence-corrected chi connectivity index (χ2v) is 6.25. The Balaban J connectivity index is 5.02. The summed E-state index contributed by atoms with van der Waals surface area (Å²) in [5.41, 5.74) is 12.3. The van der Waals surface area contributed by atoms with Crippen LogP contribution in [0.2, 0.25) is 0 Å². The van der Waals surface area contributed by atoms with Gasteiger partial charge in [-0.15, -0.1) is 0 Å². The van der Waals surface area contributed by atoms with Crippen molar-refractivity contribution in [3.05, 3.63) is 49.1 Å². The SMILES string of the molecule is C=C(C)NO[Si](ONC(=C)C)(ONC(=C)C)ONC(=C)C. The Bertz CT molecular complexity index is 337. The molecule has 0 heterocycles. The van der Waals surface area contributed by atoms with E-state index in [2.05, 4.69) is 48.2 Å². The van der Waals surface area contributed by atoms with Crippen LogP contribution < -0.4 is 21.9 Å². The zero-order valence-corrected chi connectivity index (χ0v) is 14.0. The lowest BCUT2D eigenvalue weighted by Crippen LogP contribution is -2.58. The van der Waals surface area contributed by atoms with E-state index in [1.165, 1.54) is 0 Å². The predicted octanol–water partition coefficient (Wildman–Crippen LogP) is 1.64. The average Bonchev–Trinajstić information content (AvgIpc) is 2.36. The molecule has 0 atom stereocenters. The largest absolute Gasteiger partial charge is 0.769 e. The van der Waals surface area contributed by atoms with Gasteiger partial charge in [0, 0.05) is 22.8 Å². The molecule has 0 amide bonds. The molecule has 0 unspecified atom stereocenters. The van der Waals surface area contributed by atoms with Crippen LogP contribution in [0.4, 0.5) is 0 Å². The highest BCUT2D eigenvalue weighted by molar-refractivity contribution is 6.53. The number of hydrogen-bond donors (Lipinski definition) is 4. The standard InChI is InChI=1S/C12H24N4O4Si/c1-9(2)13-17-21(18-14-10(3)4,19-15-11(5)6)20-16-12(7)8/h13-16H,1,3,5,7H2,2,4,6,8H3. The summed E-state index contributed by atoms with van der Waals surface area (Å²) in [6, 6.07) is 0. The van der Waals surface area contributed by atoms with Crippen LogP contribution >= 0.6 is 0 Å². The van der Waals surface area contributed by atoms with Crippen LogP contribution in [0.1, 0.15) is 27.7 Å². The number of rotatable bonds is 12. The van der Waals surface area contributed by atoms with Crippen LogP contribution in [0.5, 0.6) is 0 Å². The summed E-state index contributed by atoms with van der Waals surface area (Å²) >= 11 is 0. The molecule has 0 aromatic heterocycles. The second kappa shape index (κ2) is 9.21. The number of nitrogens with one attached hydrogen (secondary N) is 4. The van der Waals surface area contributed by atoms with E-state index >= 15 is 0 Å². The van der Waals surface area contributed by atoms with Crippen molar-refractivity contribution in [2.75, 3.05) is 0 Å². The third-order valence-electron chi connectivity index (χ3n) is 1.40. The lowest BCUT2D eigenvalue weighted by molar-refractivity contribution is -0.107. The van der Waals surface area contributed by atoms with Crippen LogP contribution in [-0.4, -0.2) is 9.05 Å². The Morgan fingerprint density at radius 1 is 0.571 bits per heavy atom. The van der Waals surface area contributed by atoms with E-state index in [9.17, 15) is 0 Å². The van der Waals surface area contributed by atoms with E-state index in [0.29, 0.717) is 22.8 Å². The van der Waals surface area contributed by atoms with Crippen molar-refractivity contribution in [3.63, 3.8) is 0 Å². The first-order chi connectivity index (χ1) is 9.67. The molecule has 0 fully saturated rings. The normalized spacial score (nSPS) is 10.5. The van der Waals surface area contributed by atoms with E-state index in [1.54, 1.807) is 27.7 Å². The Kier molecular flexibility index (Phi) is 8.43. The van der Waals surface area contributed by atoms with Crippen LogP contribution in [0.3, 0.4) is 0 Å². The minimum Gasteiger partial charge on any atom is -0.277 e. The topological polar surface area (TPSA) is 85.0 Å². The molecule has 0 aliphatic rings. The van der Waals surface area contributed by atoms with Crippen molar-refractivity contribution in [2.24, 2.45) is 0 Å².